The summed E-state index contributed by atoms with van der Waals surface area (Å²) >= 11 is 0. The van der Waals surface area contributed by atoms with Crippen molar-refractivity contribution >= 4 is 23.2 Å². The first-order valence-electron chi connectivity index (χ1n) is 5.74. The lowest BCUT2D eigenvalue weighted by Crippen LogP contribution is -2.25. The zero-order valence-corrected chi connectivity index (χ0v) is 10.3. The van der Waals surface area contributed by atoms with Crippen LogP contribution in [0.25, 0.3) is 0 Å². The molecular weight excluding hydrogens is 232 g/mol. The van der Waals surface area contributed by atoms with Crippen LogP contribution in [0.2, 0.25) is 0 Å². The van der Waals surface area contributed by atoms with Gasteiger partial charge in [-0.05, 0) is 25.1 Å². The number of nitrogens with one attached hydrogen (secondary N) is 2. The Kier molecular flexibility index (Phi) is 4.98. The van der Waals surface area contributed by atoms with Crippen LogP contribution in [0.3, 0.4) is 0 Å². The summed E-state index contributed by atoms with van der Waals surface area (Å²) in [5, 5.41) is 5.67. The molecule has 0 unspecified atom stereocenters. The van der Waals surface area contributed by atoms with E-state index in [0.29, 0.717) is 36.4 Å². The highest BCUT2D eigenvalue weighted by atomic mass is 16.1. The molecule has 0 atom stereocenters. The van der Waals surface area contributed by atoms with E-state index in [2.05, 4.69) is 10.6 Å². The average molecular weight is 250 g/mol. The summed E-state index contributed by atoms with van der Waals surface area (Å²) in [5.41, 5.74) is 12.3. The zero-order valence-electron chi connectivity index (χ0n) is 10.3. The number of amides is 2. The van der Waals surface area contributed by atoms with E-state index in [1.54, 1.807) is 18.2 Å². The molecule has 1 aromatic rings. The lowest BCUT2D eigenvalue weighted by atomic mass is 10.1. The molecular formula is C12H18N4O2. The van der Waals surface area contributed by atoms with Gasteiger partial charge in [-0.3, -0.25) is 9.59 Å². The summed E-state index contributed by atoms with van der Waals surface area (Å²) in [7, 11) is 0. The number of carbonyl (C=O) groups is 2. The summed E-state index contributed by atoms with van der Waals surface area (Å²) in [4.78, 5) is 22.4. The van der Waals surface area contributed by atoms with E-state index in [1.807, 2.05) is 6.92 Å². The van der Waals surface area contributed by atoms with Crippen molar-refractivity contribution < 1.29 is 9.59 Å². The highest BCUT2D eigenvalue weighted by molar-refractivity contribution is 5.99. The average Bonchev–Trinajstić information content (AvgIpc) is 2.29. The van der Waals surface area contributed by atoms with Crippen LogP contribution in [-0.4, -0.2) is 24.9 Å². The quantitative estimate of drug-likeness (QED) is 0.544. The van der Waals surface area contributed by atoms with Gasteiger partial charge in [-0.1, -0.05) is 0 Å². The van der Waals surface area contributed by atoms with Crippen molar-refractivity contribution in [2.75, 3.05) is 24.1 Å². The van der Waals surface area contributed by atoms with Crippen LogP contribution in [0, 0.1) is 0 Å². The van der Waals surface area contributed by atoms with E-state index >= 15 is 0 Å². The van der Waals surface area contributed by atoms with E-state index in [-0.39, 0.29) is 5.91 Å². The third-order valence-corrected chi connectivity index (χ3v) is 2.35. The topological polar surface area (TPSA) is 110 Å². The first-order chi connectivity index (χ1) is 8.54. The predicted octanol–water partition coefficient (Wildman–Crippen LogP) is 0.306. The van der Waals surface area contributed by atoms with Gasteiger partial charge in [0.25, 0.3) is 5.91 Å². The van der Waals surface area contributed by atoms with Crippen molar-refractivity contribution in [3.63, 3.8) is 0 Å². The number of anilines is 2. The molecule has 0 aliphatic rings. The van der Waals surface area contributed by atoms with Crippen molar-refractivity contribution in [1.29, 1.82) is 0 Å². The van der Waals surface area contributed by atoms with Gasteiger partial charge in [0.05, 0.1) is 5.56 Å². The van der Waals surface area contributed by atoms with E-state index in [4.69, 9.17) is 11.5 Å². The van der Waals surface area contributed by atoms with Crippen molar-refractivity contribution in [2.45, 2.75) is 13.3 Å². The molecule has 6 heteroatoms. The lowest BCUT2D eigenvalue weighted by molar-refractivity contribution is -0.120. The Balaban J connectivity index is 2.63. The number of benzene rings is 1. The first-order valence-corrected chi connectivity index (χ1v) is 5.74. The summed E-state index contributed by atoms with van der Waals surface area (Å²) in [6.07, 6.45) is 0.320. The number of hydrogen-bond acceptors (Lipinski definition) is 4. The molecule has 2 amide bonds. The molecule has 0 heterocycles. The van der Waals surface area contributed by atoms with E-state index in [0.717, 1.165) is 0 Å². The monoisotopic (exact) mass is 250 g/mol. The highest BCUT2D eigenvalue weighted by Gasteiger charge is 2.08. The highest BCUT2D eigenvalue weighted by Crippen LogP contribution is 2.18. The van der Waals surface area contributed by atoms with Crippen LogP contribution in [-0.2, 0) is 4.79 Å². The molecule has 0 saturated heterocycles. The minimum Gasteiger partial charge on any atom is -0.399 e. The fourth-order valence-corrected chi connectivity index (χ4v) is 1.52. The molecule has 6 N–H and O–H groups in total. The zero-order chi connectivity index (χ0) is 13.5. The van der Waals surface area contributed by atoms with Gasteiger partial charge in [0.1, 0.15) is 0 Å². The van der Waals surface area contributed by atoms with Gasteiger partial charge in [-0.2, -0.15) is 0 Å². The van der Waals surface area contributed by atoms with E-state index in [1.165, 1.54) is 0 Å². The Bertz CT molecular complexity index is 446. The normalized spacial score (nSPS) is 9.83. The largest absolute Gasteiger partial charge is 0.399 e. The summed E-state index contributed by atoms with van der Waals surface area (Å²) in [5.74, 6) is -0.579. The standard InChI is InChI=1S/C12H18N4O2/c1-2-15-11(17)5-6-16-10-7-8(13)3-4-9(10)12(14)18/h3-4,7,16H,2,5-6,13H2,1H3,(H2,14,18)(H,15,17). The molecule has 6 nitrogen and oxygen atoms in total. The van der Waals surface area contributed by atoms with Crippen molar-refractivity contribution in [3.05, 3.63) is 23.8 Å². The molecule has 98 valence electrons. The van der Waals surface area contributed by atoms with Gasteiger partial charge in [-0.15, -0.1) is 0 Å². The van der Waals surface area contributed by atoms with Crippen molar-refractivity contribution in [1.82, 2.24) is 5.32 Å². The van der Waals surface area contributed by atoms with Crippen LogP contribution >= 0.6 is 0 Å². The van der Waals surface area contributed by atoms with E-state index < -0.39 is 5.91 Å². The lowest BCUT2D eigenvalue weighted by Gasteiger charge is -2.10. The van der Waals surface area contributed by atoms with Crippen LogP contribution in [0.4, 0.5) is 11.4 Å². The van der Waals surface area contributed by atoms with Crippen LogP contribution in [0.5, 0.6) is 0 Å². The molecule has 0 saturated carbocycles. The van der Waals surface area contributed by atoms with Crippen LogP contribution < -0.4 is 22.1 Å². The molecule has 0 fully saturated rings. The molecule has 0 aliphatic heterocycles. The molecule has 0 aliphatic carbocycles. The number of carbonyl (C=O) groups excluding carboxylic acids is 2. The van der Waals surface area contributed by atoms with Gasteiger partial charge in [-0.25, -0.2) is 0 Å². The molecule has 0 bridgehead atoms. The Hall–Kier alpha value is -2.24. The fraction of sp³-hybridized carbons (Fsp3) is 0.333. The second-order valence-electron chi connectivity index (χ2n) is 3.80. The second kappa shape index (κ2) is 6.48. The Morgan fingerprint density at radius 1 is 1.33 bits per heavy atom. The Morgan fingerprint density at radius 2 is 2.06 bits per heavy atom. The number of rotatable bonds is 6. The van der Waals surface area contributed by atoms with Crippen LogP contribution in [0.15, 0.2) is 18.2 Å². The van der Waals surface area contributed by atoms with E-state index in [9.17, 15) is 9.59 Å². The predicted molar refractivity (Wildman–Crippen MR) is 71.2 cm³/mol. The minimum absolute atomic E-state index is 0.0467. The van der Waals surface area contributed by atoms with Gasteiger partial charge in [0, 0.05) is 30.9 Å². The Morgan fingerprint density at radius 3 is 2.67 bits per heavy atom. The summed E-state index contributed by atoms with van der Waals surface area (Å²) in [6, 6.07) is 4.79. The van der Waals surface area contributed by atoms with Gasteiger partial charge < -0.3 is 22.1 Å². The maximum Gasteiger partial charge on any atom is 0.250 e. The van der Waals surface area contributed by atoms with Crippen molar-refractivity contribution in [2.24, 2.45) is 5.73 Å². The maximum absolute atomic E-state index is 11.3. The number of hydrogen-bond donors (Lipinski definition) is 4. The second-order valence-corrected chi connectivity index (χ2v) is 3.80. The molecule has 0 radical (unpaired) electrons. The molecule has 1 rings (SSSR count). The third-order valence-electron chi connectivity index (χ3n) is 2.35. The number of nitrogens with two attached hydrogens (primary N) is 2. The maximum atomic E-state index is 11.3. The molecule has 18 heavy (non-hydrogen) atoms. The smallest absolute Gasteiger partial charge is 0.250 e. The van der Waals surface area contributed by atoms with Gasteiger partial charge in [0.2, 0.25) is 5.91 Å². The van der Waals surface area contributed by atoms with Gasteiger partial charge in [0.15, 0.2) is 0 Å². The van der Waals surface area contributed by atoms with Crippen LogP contribution in [0.1, 0.15) is 23.7 Å². The third kappa shape index (κ3) is 3.97. The summed E-state index contributed by atoms with van der Waals surface area (Å²) in [6.45, 7) is 2.87. The molecule has 0 spiro atoms. The molecule has 1 aromatic carbocycles. The van der Waals surface area contributed by atoms with Crippen molar-refractivity contribution in [3.8, 4) is 0 Å². The Labute approximate surface area is 106 Å². The summed E-state index contributed by atoms with van der Waals surface area (Å²) < 4.78 is 0. The molecule has 0 aromatic heterocycles. The number of primary amides is 1. The van der Waals surface area contributed by atoms with Gasteiger partial charge >= 0.3 is 0 Å². The minimum atomic E-state index is -0.532. The fourth-order valence-electron chi connectivity index (χ4n) is 1.52. The SMILES string of the molecule is CCNC(=O)CCNc1cc(N)ccc1C(N)=O. The first kappa shape index (κ1) is 13.8. The number of nitrogen functional groups attached to an aromatic ring is 1.